The quantitative estimate of drug-likeness (QED) is 0.612. The molecule has 0 aliphatic heterocycles. The van der Waals surface area contributed by atoms with Crippen molar-refractivity contribution >= 4 is 27.7 Å². The first-order valence-corrected chi connectivity index (χ1v) is 8.06. The number of rotatable bonds is 6. The van der Waals surface area contributed by atoms with Crippen molar-refractivity contribution in [3.8, 4) is 5.75 Å². The van der Waals surface area contributed by atoms with E-state index >= 15 is 0 Å². The Morgan fingerprint density at radius 3 is 2.63 bits per heavy atom. The molecule has 0 saturated carbocycles. The maximum Gasteiger partial charge on any atom is 0.119 e. The molecule has 0 spiro atoms. The Morgan fingerprint density at radius 1 is 1.42 bits per heavy atom. The average molecular weight is 347 g/mol. The van der Waals surface area contributed by atoms with E-state index in [4.69, 9.17) is 10.6 Å². The van der Waals surface area contributed by atoms with Crippen molar-refractivity contribution in [1.29, 1.82) is 0 Å². The van der Waals surface area contributed by atoms with Gasteiger partial charge in [0.05, 0.1) is 7.11 Å². The van der Waals surface area contributed by atoms with E-state index in [0.29, 0.717) is 0 Å². The Labute approximate surface area is 128 Å². The summed E-state index contributed by atoms with van der Waals surface area (Å²) < 4.78 is 6.60. The third-order valence-corrected chi connectivity index (χ3v) is 4.88. The van der Waals surface area contributed by atoms with E-state index in [1.165, 1.54) is 5.56 Å². The van der Waals surface area contributed by atoms with Crippen LogP contribution in [0, 0.1) is 0 Å². The molecule has 5 heteroatoms. The average Bonchev–Trinajstić information content (AvgIpc) is 2.35. The molecule has 0 aliphatic carbocycles. The largest absolute Gasteiger partial charge is 0.497 e. The second-order valence-corrected chi connectivity index (χ2v) is 8.15. The molecule has 1 atom stereocenters. The van der Waals surface area contributed by atoms with Gasteiger partial charge in [-0.3, -0.25) is 11.3 Å². The summed E-state index contributed by atoms with van der Waals surface area (Å²) in [7, 11) is 1.68. The van der Waals surface area contributed by atoms with E-state index in [-0.39, 0.29) is 10.8 Å². The smallest absolute Gasteiger partial charge is 0.119 e. The lowest BCUT2D eigenvalue weighted by molar-refractivity contribution is 0.414. The molecule has 0 amide bonds. The van der Waals surface area contributed by atoms with Gasteiger partial charge in [0.15, 0.2) is 0 Å². The van der Waals surface area contributed by atoms with E-state index in [0.717, 1.165) is 22.4 Å². The van der Waals surface area contributed by atoms with Gasteiger partial charge in [0, 0.05) is 21.0 Å². The molecule has 19 heavy (non-hydrogen) atoms. The summed E-state index contributed by atoms with van der Waals surface area (Å²) in [6.45, 7) is 6.64. The van der Waals surface area contributed by atoms with E-state index in [9.17, 15) is 0 Å². The molecule has 1 unspecified atom stereocenters. The standard InChI is InChI=1S/C14H23BrN2OS/c1-14(2,3)19-9-11(17-16)7-10-8-12(18-4)5-6-13(10)15/h5-6,8,11,17H,7,9,16H2,1-4H3. The number of halogens is 1. The minimum Gasteiger partial charge on any atom is -0.497 e. The van der Waals surface area contributed by atoms with E-state index in [1.807, 2.05) is 23.9 Å². The van der Waals surface area contributed by atoms with Crippen molar-refractivity contribution in [3.63, 3.8) is 0 Å². The number of methoxy groups -OCH3 is 1. The van der Waals surface area contributed by atoms with E-state index < -0.39 is 0 Å². The molecule has 0 saturated heterocycles. The predicted molar refractivity (Wildman–Crippen MR) is 87.7 cm³/mol. The van der Waals surface area contributed by atoms with Crippen molar-refractivity contribution in [1.82, 2.24) is 5.43 Å². The van der Waals surface area contributed by atoms with Crippen molar-refractivity contribution in [3.05, 3.63) is 28.2 Å². The minimum atomic E-state index is 0.243. The van der Waals surface area contributed by atoms with Crippen LogP contribution in [0.4, 0.5) is 0 Å². The van der Waals surface area contributed by atoms with Gasteiger partial charge in [-0.05, 0) is 30.2 Å². The summed E-state index contributed by atoms with van der Waals surface area (Å²) in [5.41, 5.74) is 4.11. The van der Waals surface area contributed by atoms with Gasteiger partial charge in [-0.15, -0.1) is 0 Å². The number of hydrogen-bond acceptors (Lipinski definition) is 4. The topological polar surface area (TPSA) is 47.3 Å². The molecule has 1 aromatic carbocycles. The van der Waals surface area contributed by atoms with Crippen molar-refractivity contribution in [2.75, 3.05) is 12.9 Å². The van der Waals surface area contributed by atoms with Crippen molar-refractivity contribution in [2.24, 2.45) is 5.84 Å². The fraction of sp³-hybridized carbons (Fsp3) is 0.571. The van der Waals surface area contributed by atoms with Crippen LogP contribution in [0.15, 0.2) is 22.7 Å². The molecule has 108 valence electrons. The summed E-state index contributed by atoms with van der Waals surface area (Å²) in [5.74, 6) is 7.51. The Hall–Kier alpha value is -0.230. The Morgan fingerprint density at radius 2 is 2.11 bits per heavy atom. The van der Waals surface area contributed by atoms with E-state index in [1.54, 1.807) is 7.11 Å². The number of thioether (sulfide) groups is 1. The maximum absolute atomic E-state index is 5.66. The van der Waals surface area contributed by atoms with E-state index in [2.05, 4.69) is 48.2 Å². The van der Waals surface area contributed by atoms with Gasteiger partial charge >= 0.3 is 0 Å². The summed E-state index contributed by atoms with van der Waals surface area (Å²) in [6, 6.07) is 6.25. The molecule has 3 nitrogen and oxygen atoms in total. The zero-order valence-corrected chi connectivity index (χ0v) is 14.4. The predicted octanol–water partition coefficient (Wildman–Crippen LogP) is 3.36. The summed E-state index contributed by atoms with van der Waals surface area (Å²) in [5, 5.41) is 0. The first kappa shape index (κ1) is 16.8. The zero-order valence-electron chi connectivity index (χ0n) is 12.0. The first-order chi connectivity index (χ1) is 8.85. The third-order valence-electron chi connectivity index (χ3n) is 2.67. The molecule has 1 aromatic rings. The number of hydrogen-bond donors (Lipinski definition) is 2. The molecule has 0 radical (unpaired) electrons. The second kappa shape index (κ2) is 7.53. The molecule has 0 aliphatic rings. The van der Waals surface area contributed by atoms with Crippen LogP contribution in [-0.2, 0) is 6.42 Å². The molecule has 0 bridgehead atoms. The lowest BCUT2D eigenvalue weighted by Crippen LogP contribution is -2.39. The molecular formula is C14H23BrN2OS. The van der Waals surface area contributed by atoms with Crippen LogP contribution >= 0.6 is 27.7 Å². The number of benzene rings is 1. The lowest BCUT2D eigenvalue weighted by Gasteiger charge is -2.23. The van der Waals surface area contributed by atoms with Crippen LogP contribution in [0.3, 0.4) is 0 Å². The van der Waals surface area contributed by atoms with Crippen LogP contribution in [0.2, 0.25) is 0 Å². The SMILES string of the molecule is COc1ccc(Br)c(CC(CSC(C)(C)C)NN)c1. The fourth-order valence-corrected chi connectivity index (χ4v) is 2.94. The molecule has 0 aromatic heterocycles. The van der Waals surface area contributed by atoms with Crippen LogP contribution in [0.25, 0.3) is 0 Å². The lowest BCUT2D eigenvalue weighted by atomic mass is 10.1. The van der Waals surface area contributed by atoms with Crippen LogP contribution in [0.1, 0.15) is 26.3 Å². The molecule has 1 rings (SSSR count). The highest BCUT2D eigenvalue weighted by atomic mass is 79.9. The number of hydrazine groups is 1. The molecule has 3 N–H and O–H groups in total. The Balaban J connectivity index is 2.69. The van der Waals surface area contributed by atoms with Gasteiger partial charge in [-0.2, -0.15) is 11.8 Å². The Bertz CT molecular complexity index is 407. The fourth-order valence-electron chi connectivity index (χ4n) is 1.62. The highest BCUT2D eigenvalue weighted by Gasteiger charge is 2.16. The van der Waals surface area contributed by atoms with Gasteiger partial charge in [0.2, 0.25) is 0 Å². The summed E-state index contributed by atoms with van der Waals surface area (Å²) in [4.78, 5) is 0. The monoisotopic (exact) mass is 346 g/mol. The first-order valence-electron chi connectivity index (χ1n) is 6.28. The Kier molecular flexibility index (Phi) is 6.66. The maximum atomic E-state index is 5.66. The highest BCUT2D eigenvalue weighted by molar-refractivity contribution is 9.10. The van der Waals surface area contributed by atoms with Crippen molar-refractivity contribution < 1.29 is 4.74 Å². The number of nitrogens with one attached hydrogen (secondary N) is 1. The van der Waals surface area contributed by atoms with Gasteiger partial charge in [-0.1, -0.05) is 36.7 Å². The normalized spacial score (nSPS) is 13.4. The molecule has 0 fully saturated rings. The number of nitrogens with two attached hydrogens (primary N) is 1. The molecular weight excluding hydrogens is 324 g/mol. The third kappa shape index (κ3) is 6.17. The van der Waals surface area contributed by atoms with Gasteiger partial charge in [0.1, 0.15) is 5.75 Å². The van der Waals surface area contributed by atoms with Crippen LogP contribution < -0.4 is 16.0 Å². The van der Waals surface area contributed by atoms with Crippen LogP contribution in [0.5, 0.6) is 5.75 Å². The number of ether oxygens (including phenoxy) is 1. The van der Waals surface area contributed by atoms with Crippen LogP contribution in [-0.4, -0.2) is 23.7 Å². The summed E-state index contributed by atoms with van der Waals surface area (Å²) in [6.07, 6.45) is 0.872. The zero-order chi connectivity index (χ0) is 14.5. The van der Waals surface area contributed by atoms with Gasteiger partial charge in [-0.25, -0.2) is 0 Å². The highest BCUT2D eigenvalue weighted by Crippen LogP contribution is 2.27. The summed E-state index contributed by atoms with van der Waals surface area (Å²) >= 11 is 5.49. The van der Waals surface area contributed by atoms with Gasteiger partial charge < -0.3 is 4.74 Å². The minimum absolute atomic E-state index is 0.243. The van der Waals surface area contributed by atoms with Crippen molar-refractivity contribution in [2.45, 2.75) is 38.0 Å². The molecule has 0 heterocycles. The second-order valence-electron chi connectivity index (χ2n) is 5.45. The van der Waals surface area contributed by atoms with Gasteiger partial charge in [0.25, 0.3) is 0 Å².